The van der Waals surface area contributed by atoms with Gasteiger partial charge >= 0.3 is 0 Å². The van der Waals surface area contributed by atoms with Gasteiger partial charge < -0.3 is 19.5 Å². The maximum atomic E-state index is 6.20. The molecule has 21 heavy (non-hydrogen) atoms. The molecule has 1 saturated carbocycles. The number of benzene rings is 1. The fourth-order valence-corrected chi connectivity index (χ4v) is 3.51. The number of methoxy groups -OCH3 is 2. The van der Waals surface area contributed by atoms with Gasteiger partial charge in [0.05, 0.1) is 25.9 Å². The van der Waals surface area contributed by atoms with Crippen LogP contribution in [0.3, 0.4) is 0 Å². The minimum Gasteiger partial charge on any atom is -0.497 e. The molecule has 0 spiro atoms. The molecule has 0 aliphatic heterocycles. The monoisotopic (exact) mass is 293 g/mol. The quantitative estimate of drug-likeness (QED) is 0.837. The zero-order chi connectivity index (χ0) is 15.3. The molecule has 0 bridgehead atoms. The van der Waals surface area contributed by atoms with E-state index < -0.39 is 0 Å². The Morgan fingerprint density at radius 1 is 1.10 bits per heavy atom. The molecular weight excluding hydrogens is 266 g/mol. The van der Waals surface area contributed by atoms with Gasteiger partial charge in [0.15, 0.2) is 0 Å². The Morgan fingerprint density at radius 2 is 1.67 bits per heavy atom. The molecule has 1 atom stereocenters. The Bertz CT molecular complexity index is 433. The van der Waals surface area contributed by atoms with Crippen LogP contribution in [-0.2, 0) is 4.74 Å². The Morgan fingerprint density at radius 3 is 2.10 bits per heavy atom. The largest absolute Gasteiger partial charge is 0.497 e. The Kier molecular flexibility index (Phi) is 5.48. The lowest BCUT2D eigenvalue weighted by molar-refractivity contribution is -0.0610. The van der Waals surface area contributed by atoms with Crippen LogP contribution >= 0.6 is 0 Å². The summed E-state index contributed by atoms with van der Waals surface area (Å²) in [5, 5.41) is 3.45. The van der Waals surface area contributed by atoms with Crippen LogP contribution in [0, 0.1) is 0 Å². The first-order chi connectivity index (χ1) is 10.2. The van der Waals surface area contributed by atoms with Crippen molar-refractivity contribution in [1.82, 2.24) is 5.32 Å². The summed E-state index contributed by atoms with van der Waals surface area (Å²) in [4.78, 5) is 0. The summed E-state index contributed by atoms with van der Waals surface area (Å²) in [5.41, 5.74) is 1.03. The fourth-order valence-electron chi connectivity index (χ4n) is 3.51. The van der Waals surface area contributed by atoms with E-state index in [1.165, 1.54) is 12.8 Å². The molecule has 0 aromatic heterocycles. The molecule has 1 aliphatic carbocycles. The summed E-state index contributed by atoms with van der Waals surface area (Å²) in [5.74, 6) is 1.63. The van der Waals surface area contributed by atoms with E-state index in [9.17, 15) is 0 Å². The SMILES string of the molecule is CCOC1(C(NC)c2cc(OC)cc(OC)c2)CCCC1. The van der Waals surface area contributed by atoms with Gasteiger partial charge in [-0.05, 0) is 44.5 Å². The van der Waals surface area contributed by atoms with Crippen LogP contribution in [0.5, 0.6) is 11.5 Å². The van der Waals surface area contributed by atoms with Crippen LogP contribution in [0.25, 0.3) is 0 Å². The van der Waals surface area contributed by atoms with Gasteiger partial charge in [-0.3, -0.25) is 0 Å². The van der Waals surface area contributed by atoms with Crippen molar-refractivity contribution in [3.63, 3.8) is 0 Å². The predicted octanol–water partition coefficient (Wildman–Crippen LogP) is 3.31. The van der Waals surface area contributed by atoms with Crippen LogP contribution in [0.1, 0.15) is 44.2 Å². The van der Waals surface area contributed by atoms with E-state index in [2.05, 4.69) is 24.4 Å². The smallest absolute Gasteiger partial charge is 0.122 e. The molecule has 1 N–H and O–H groups in total. The first kappa shape index (κ1) is 16.1. The number of nitrogens with one attached hydrogen (secondary N) is 1. The minimum atomic E-state index is -0.124. The molecule has 1 unspecified atom stereocenters. The van der Waals surface area contributed by atoms with Crippen molar-refractivity contribution in [2.45, 2.75) is 44.2 Å². The Labute approximate surface area is 127 Å². The molecule has 1 aromatic rings. The lowest BCUT2D eigenvalue weighted by atomic mass is 9.86. The molecule has 2 rings (SSSR count). The molecule has 1 aliphatic rings. The van der Waals surface area contributed by atoms with Crippen LogP contribution in [0.4, 0.5) is 0 Å². The lowest BCUT2D eigenvalue weighted by Gasteiger charge is -2.37. The second kappa shape index (κ2) is 7.14. The Balaban J connectivity index is 2.39. The average molecular weight is 293 g/mol. The van der Waals surface area contributed by atoms with Crippen molar-refractivity contribution >= 4 is 0 Å². The lowest BCUT2D eigenvalue weighted by Crippen LogP contribution is -2.43. The van der Waals surface area contributed by atoms with Crippen LogP contribution < -0.4 is 14.8 Å². The van der Waals surface area contributed by atoms with E-state index in [0.29, 0.717) is 0 Å². The van der Waals surface area contributed by atoms with Crippen molar-refractivity contribution in [2.24, 2.45) is 0 Å². The summed E-state index contributed by atoms with van der Waals surface area (Å²) in [7, 11) is 5.36. The highest BCUT2D eigenvalue weighted by atomic mass is 16.5. The molecule has 0 radical (unpaired) electrons. The minimum absolute atomic E-state index is 0.124. The van der Waals surface area contributed by atoms with Gasteiger partial charge in [-0.15, -0.1) is 0 Å². The third-order valence-corrected chi connectivity index (χ3v) is 4.40. The fraction of sp³-hybridized carbons (Fsp3) is 0.647. The van der Waals surface area contributed by atoms with Crippen molar-refractivity contribution in [3.05, 3.63) is 23.8 Å². The van der Waals surface area contributed by atoms with E-state index in [1.807, 2.05) is 13.1 Å². The second-order valence-corrected chi connectivity index (χ2v) is 5.57. The molecule has 118 valence electrons. The number of ether oxygens (including phenoxy) is 3. The molecule has 1 aromatic carbocycles. The van der Waals surface area contributed by atoms with Crippen molar-refractivity contribution < 1.29 is 14.2 Å². The molecule has 0 heterocycles. The highest BCUT2D eigenvalue weighted by Gasteiger charge is 2.42. The van der Waals surface area contributed by atoms with Crippen molar-refractivity contribution in [1.29, 1.82) is 0 Å². The van der Waals surface area contributed by atoms with Gasteiger partial charge in [0.2, 0.25) is 0 Å². The van der Waals surface area contributed by atoms with Gasteiger partial charge in [0.1, 0.15) is 11.5 Å². The highest BCUT2D eigenvalue weighted by molar-refractivity contribution is 5.41. The number of hydrogen-bond acceptors (Lipinski definition) is 4. The zero-order valence-electron chi connectivity index (χ0n) is 13.6. The van der Waals surface area contributed by atoms with Gasteiger partial charge in [-0.2, -0.15) is 0 Å². The summed E-state index contributed by atoms with van der Waals surface area (Å²) < 4.78 is 17.0. The molecule has 0 amide bonds. The van der Waals surface area contributed by atoms with Gasteiger partial charge in [0, 0.05) is 12.7 Å². The van der Waals surface area contributed by atoms with Crippen molar-refractivity contribution in [2.75, 3.05) is 27.9 Å². The van der Waals surface area contributed by atoms with Crippen LogP contribution in [-0.4, -0.2) is 33.5 Å². The summed E-state index contributed by atoms with van der Waals surface area (Å²) >= 11 is 0. The normalized spacial score (nSPS) is 18.5. The maximum Gasteiger partial charge on any atom is 0.122 e. The highest BCUT2D eigenvalue weighted by Crippen LogP contribution is 2.44. The topological polar surface area (TPSA) is 39.7 Å². The number of hydrogen-bond donors (Lipinski definition) is 1. The standard InChI is InChI=1S/C17H27NO3/c1-5-21-17(8-6-7-9-17)16(18-2)13-10-14(19-3)12-15(11-13)20-4/h10-12,16,18H,5-9H2,1-4H3. The molecule has 4 heteroatoms. The van der Waals surface area contributed by atoms with E-state index in [-0.39, 0.29) is 11.6 Å². The van der Waals surface area contributed by atoms with Gasteiger partial charge in [-0.25, -0.2) is 0 Å². The van der Waals surface area contributed by atoms with Crippen LogP contribution in [0.2, 0.25) is 0 Å². The first-order valence-corrected chi connectivity index (χ1v) is 7.73. The van der Waals surface area contributed by atoms with Crippen molar-refractivity contribution in [3.8, 4) is 11.5 Å². The summed E-state index contributed by atoms with van der Waals surface area (Å²) in [6, 6.07) is 6.19. The van der Waals surface area contributed by atoms with Gasteiger partial charge in [0.25, 0.3) is 0 Å². The van der Waals surface area contributed by atoms with E-state index in [0.717, 1.165) is 36.5 Å². The Hall–Kier alpha value is -1.26. The third-order valence-electron chi connectivity index (χ3n) is 4.40. The second-order valence-electron chi connectivity index (χ2n) is 5.57. The third kappa shape index (κ3) is 3.33. The van der Waals surface area contributed by atoms with E-state index >= 15 is 0 Å². The maximum absolute atomic E-state index is 6.20. The molecule has 4 nitrogen and oxygen atoms in total. The van der Waals surface area contributed by atoms with Gasteiger partial charge in [-0.1, -0.05) is 12.8 Å². The zero-order valence-corrected chi connectivity index (χ0v) is 13.6. The van der Waals surface area contributed by atoms with E-state index in [4.69, 9.17) is 14.2 Å². The first-order valence-electron chi connectivity index (χ1n) is 7.73. The summed E-state index contributed by atoms with van der Waals surface area (Å²) in [6.07, 6.45) is 4.62. The van der Waals surface area contributed by atoms with E-state index in [1.54, 1.807) is 14.2 Å². The molecule has 0 saturated heterocycles. The van der Waals surface area contributed by atoms with Crippen LogP contribution in [0.15, 0.2) is 18.2 Å². The molecular formula is C17H27NO3. The molecule has 1 fully saturated rings. The predicted molar refractivity (Wildman–Crippen MR) is 84.2 cm³/mol. The number of rotatable bonds is 7. The summed E-state index contributed by atoms with van der Waals surface area (Å²) in [6.45, 7) is 2.80. The number of likely N-dealkylation sites (N-methyl/N-ethyl adjacent to an activating group) is 1. The average Bonchev–Trinajstić information content (AvgIpc) is 2.97.